The molecule has 0 fully saturated rings. The summed E-state index contributed by atoms with van der Waals surface area (Å²) in [4.78, 5) is 18.9. The van der Waals surface area contributed by atoms with Gasteiger partial charge in [0.15, 0.2) is 0 Å². The third kappa shape index (κ3) is 3.24. The minimum absolute atomic E-state index is 0.00285. The first-order chi connectivity index (χ1) is 16.0. The van der Waals surface area contributed by atoms with Gasteiger partial charge in [-0.2, -0.15) is 9.78 Å². The predicted molar refractivity (Wildman–Crippen MR) is 134 cm³/mol. The molecule has 1 atom stereocenters. The fourth-order valence-corrected chi connectivity index (χ4v) is 6.87. The summed E-state index contributed by atoms with van der Waals surface area (Å²) in [5.41, 5.74) is 4.12. The summed E-state index contributed by atoms with van der Waals surface area (Å²) < 4.78 is 9.71. The summed E-state index contributed by atoms with van der Waals surface area (Å²) in [5, 5.41) is 9.89. The number of hydrogen-bond acceptors (Lipinski definition) is 6. The molecule has 0 radical (unpaired) electrons. The van der Waals surface area contributed by atoms with Crippen LogP contribution in [0.3, 0.4) is 0 Å². The van der Waals surface area contributed by atoms with Crippen molar-refractivity contribution in [1.82, 2.24) is 14.8 Å². The molecule has 6 rings (SSSR count). The van der Waals surface area contributed by atoms with Crippen molar-refractivity contribution in [1.29, 1.82) is 0 Å². The molecule has 1 amide bonds. The van der Waals surface area contributed by atoms with Gasteiger partial charge < -0.3 is 10.1 Å². The molecule has 0 spiro atoms. The Morgan fingerprint density at radius 1 is 1.12 bits per heavy atom. The van der Waals surface area contributed by atoms with E-state index in [9.17, 15) is 4.79 Å². The van der Waals surface area contributed by atoms with Gasteiger partial charge in [0.25, 0.3) is 0 Å². The number of anilines is 1. The number of ether oxygens (including phenoxy) is 1. The first kappa shape index (κ1) is 20.4. The molecule has 0 bridgehead atoms. The maximum absolute atomic E-state index is 12.9. The van der Waals surface area contributed by atoms with Gasteiger partial charge in [-0.15, -0.1) is 11.3 Å². The maximum atomic E-state index is 12.9. The number of rotatable bonds is 4. The van der Waals surface area contributed by atoms with Crippen LogP contribution in [0.4, 0.5) is 5.82 Å². The molecule has 33 heavy (non-hydrogen) atoms. The maximum Gasteiger partial charge on any atom is 0.226 e. The molecule has 6 nitrogen and oxygen atoms in total. The average Bonchev–Trinajstić information content (AvgIpc) is 3.45. The van der Waals surface area contributed by atoms with Crippen LogP contribution in [-0.2, 0) is 4.79 Å². The Hall–Kier alpha value is -3.23. The van der Waals surface area contributed by atoms with Gasteiger partial charge in [0.2, 0.25) is 11.0 Å². The van der Waals surface area contributed by atoms with Crippen LogP contribution in [0.5, 0.6) is 5.75 Å². The first-order valence-corrected chi connectivity index (χ1v) is 12.6. The number of amides is 1. The van der Waals surface area contributed by atoms with E-state index in [-0.39, 0.29) is 11.8 Å². The van der Waals surface area contributed by atoms with Crippen LogP contribution in [0.2, 0.25) is 0 Å². The van der Waals surface area contributed by atoms with E-state index in [1.165, 1.54) is 20.5 Å². The van der Waals surface area contributed by atoms with Crippen molar-refractivity contribution in [3.05, 3.63) is 64.2 Å². The topological polar surface area (TPSA) is 69.0 Å². The van der Waals surface area contributed by atoms with Crippen LogP contribution in [0, 0.1) is 13.8 Å². The number of aromatic nitrogens is 3. The Kier molecular flexibility index (Phi) is 4.74. The van der Waals surface area contributed by atoms with E-state index in [2.05, 4.69) is 36.5 Å². The molecule has 0 unspecified atom stereocenters. The normalized spacial score (nSPS) is 15.7. The van der Waals surface area contributed by atoms with Crippen molar-refractivity contribution >= 4 is 54.7 Å². The third-order valence-corrected chi connectivity index (χ3v) is 8.21. The van der Waals surface area contributed by atoms with E-state index in [1.807, 2.05) is 32.0 Å². The molecule has 1 aliphatic rings. The number of benzene rings is 2. The molecule has 3 aromatic heterocycles. The van der Waals surface area contributed by atoms with Crippen LogP contribution in [0.1, 0.15) is 41.0 Å². The molecule has 0 saturated heterocycles. The second kappa shape index (κ2) is 7.67. The Bertz CT molecular complexity index is 1550. The fourth-order valence-electron chi connectivity index (χ4n) is 4.79. The van der Waals surface area contributed by atoms with Crippen LogP contribution < -0.4 is 10.1 Å². The number of nitrogens with zero attached hydrogens (tertiary/aromatic N) is 3. The number of fused-ring (bicyclic) bond motifs is 3. The molecule has 2 aromatic carbocycles. The minimum Gasteiger partial charge on any atom is -0.494 e. The summed E-state index contributed by atoms with van der Waals surface area (Å²) in [7, 11) is 0. The third-order valence-electron chi connectivity index (χ3n) is 6.11. The molecule has 5 aromatic rings. The van der Waals surface area contributed by atoms with Crippen LogP contribution in [-0.4, -0.2) is 27.3 Å². The first-order valence-electron chi connectivity index (χ1n) is 10.9. The van der Waals surface area contributed by atoms with E-state index in [0.29, 0.717) is 13.0 Å². The lowest BCUT2D eigenvalue weighted by Crippen LogP contribution is -2.25. The van der Waals surface area contributed by atoms with Crippen molar-refractivity contribution in [2.24, 2.45) is 0 Å². The molecule has 0 saturated carbocycles. The van der Waals surface area contributed by atoms with E-state index in [0.717, 1.165) is 38.2 Å². The van der Waals surface area contributed by atoms with Gasteiger partial charge in [-0.25, -0.2) is 4.98 Å². The van der Waals surface area contributed by atoms with E-state index in [1.54, 1.807) is 27.4 Å². The Morgan fingerprint density at radius 2 is 1.97 bits per heavy atom. The van der Waals surface area contributed by atoms with Gasteiger partial charge in [-0.05, 0) is 56.0 Å². The molecule has 4 heterocycles. The van der Waals surface area contributed by atoms with Crippen LogP contribution in [0.15, 0.2) is 42.5 Å². The fraction of sp³-hybridized carbons (Fsp3) is 0.240. The number of thiophene rings is 1. The van der Waals surface area contributed by atoms with Gasteiger partial charge in [0.05, 0.1) is 22.5 Å². The number of carbonyl (C=O) groups is 1. The molecule has 166 valence electrons. The van der Waals surface area contributed by atoms with E-state index in [4.69, 9.17) is 14.8 Å². The van der Waals surface area contributed by atoms with Gasteiger partial charge in [-0.3, -0.25) is 4.79 Å². The molecule has 0 aliphatic carbocycles. The molecule has 8 heteroatoms. The zero-order chi connectivity index (χ0) is 22.7. The second-order valence-corrected chi connectivity index (χ2v) is 10.5. The Labute approximate surface area is 198 Å². The highest BCUT2D eigenvalue weighted by Gasteiger charge is 2.35. The van der Waals surface area contributed by atoms with Crippen molar-refractivity contribution in [3.63, 3.8) is 0 Å². The van der Waals surface area contributed by atoms with Crippen molar-refractivity contribution in [3.8, 4) is 10.9 Å². The molecule has 1 aliphatic heterocycles. The Balaban J connectivity index is 1.51. The molecular formula is C25H22N4O2S2. The lowest BCUT2D eigenvalue weighted by molar-refractivity contribution is -0.116. The highest BCUT2D eigenvalue weighted by atomic mass is 32.1. The number of carbonyl (C=O) groups excluding carboxylic acids is 1. The largest absolute Gasteiger partial charge is 0.494 e. The van der Waals surface area contributed by atoms with Gasteiger partial charge in [0, 0.05) is 27.5 Å². The van der Waals surface area contributed by atoms with Gasteiger partial charge in [-0.1, -0.05) is 29.5 Å². The SMILES string of the molecule is CCOc1ccc2nc(-n3nc(C)c4c3NC(=O)C[C@@H]4c3c(C)sc4ccccc34)sc2c1. The van der Waals surface area contributed by atoms with Crippen molar-refractivity contribution in [2.75, 3.05) is 11.9 Å². The van der Waals surface area contributed by atoms with Crippen LogP contribution >= 0.6 is 22.7 Å². The Morgan fingerprint density at radius 3 is 2.82 bits per heavy atom. The quantitative estimate of drug-likeness (QED) is 0.337. The summed E-state index contributed by atoms with van der Waals surface area (Å²) >= 11 is 3.33. The monoisotopic (exact) mass is 474 g/mol. The van der Waals surface area contributed by atoms with Gasteiger partial charge >= 0.3 is 0 Å². The summed E-state index contributed by atoms with van der Waals surface area (Å²) in [6.07, 6.45) is 0.415. The highest BCUT2D eigenvalue weighted by Crippen LogP contribution is 2.46. The number of nitrogens with one attached hydrogen (secondary N) is 1. The number of aryl methyl sites for hydroxylation is 2. The average molecular weight is 475 g/mol. The van der Waals surface area contributed by atoms with Crippen LogP contribution in [0.25, 0.3) is 25.4 Å². The van der Waals surface area contributed by atoms with Crippen molar-refractivity contribution in [2.45, 2.75) is 33.1 Å². The second-order valence-electron chi connectivity index (χ2n) is 8.19. The number of thiazole rings is 1. The summed E-state index contributed by atoms with van der Waals surface area (Å²) in [6, 6.07) is 14.3. The van der Waals surface area contributed by atoms with E-state index < -0.39 is 0 Å². The molecular weight excluding hydrogens is 452 g/mol. The zero-order valence-corrected chi connectivity index (χ0v) is 20.1. The van der Waals surface area contributed by atoms with E-state index >= 15 is 0 Å². The smallest absolute Gasteiger partial charge is 0.226 e. The number of hydrogen-bond donors (Lipinski definition) is 1. The lowest BCUT2D eigenvalue weighted by Gasteiger charge is -2.24. The standard InChI is InChI=1S/C25H22N4O2S2/c1-4-31-15-9-10-18-20(11-15)33-25(26-18)29-24-22(13(2)28-29)17(12-21(30)27-24)23-14(3)32-19-8-6-5-7-16(19)23/h5-11,17H,4,12H2,1-3H3,(H,27,30)/t17-/m0/s1. The van der Waals surface area contributed by atoms with Gasteiger partial charge in [0.1, 0.15) is 11.6 Å². The lowest BCUT2D eigenvalue weighted by atomic mass is 9.84. The zero-order valence-electron chi connectivity index (χ0n) is 18.5. The highest BCUT2D eigenvalue weighted by molar-refractivity contribution is 7.20. The predicted octanol–water partition coefficient (Wildman–Crippen LogP) is 6.19. The van der Waals surface area contributed by atoms with Crippen molar-refractivity contribution < 1.29 is 9.53 Å². The summed E-state index contributed by atoms with van der Waals surface area (Å²) in [5.74, 6) is 1.53. The minimum atomic E-state index is -0.0300. The summed E-state index contributed by atoms with van der Waals surface area (Å²) in [6.45, 7) is 6.76. The molecule has 1 N–H and O–H groups in total.